The van der Waals surface area contributed by atoms with Crippen molar-refractivity contribution in [1.82, 2.24) is 4.90 Å². The fourth-order valence-electron chi connectivity index (χ4n) is 4.73. The summed E-state index contributed by atoms with van der Waals surface area (Å²) in [6, 6.07) is 12.8. The zero-order valence-corrected chi connectivity index (χ0v) is 20.0. The fraction of sp³-hybridized carbons (Fsp3) is 0.407. The molecule has 0 unspecified atom stereocenters. The Morgan fingerprint density at radius 3 is 2.13 bits per heavy atom. The molecule has 2 aromatic carbocycles. The summed E-state index contributed by atoms with van der Waals surface area (Å²) >= 11 is 1.07. The van der Waals surface area contributed by atoms with Gasteiger partial charge < -0.3 is 0 Å². The van der Waals surface area contributed by atoms with Gasteiger partial charge in [0.2, 0.25) is 5.91 Å². The molecular weight excluding hydrogens is 402 g/mol. The summed E-state index contributed by atoms with van der Waals surface area (Å²) in [4.78, 5) is 25.1. The maximum absolute atomic E-state index is 11.9. The maximum atomic E-state index is 11.9. The van der Waals surface area contributed by atoms with Crippen molar-refractivity contribution in [2.45, 2.75) is 64.8 Å². The Morgan fingerprint density at radius 1 is 1.00 bits per heavy atom. The molecule has 162 valence electrons. The number of hydrogen-bond donors (Lipinski definition) is 0. The van der Waals surface area contributed by atoms with Crippen molar-refractivity contribution < 1.29 is 9.59 Å². The first kappa shape index (κ1) is 21.9. The van der Waals surface area contributed by atoms with Crippen LogP contribution in [0.4, 0.5) is 4.79 Å². The van der Waals surface area contributed by atoms with Gasteiger partial charge in [-0.1, -0.05) is 82.4 Å². The predicted molar refractivity (Wildman–Crippen MR) is 129 cm³/mol. The molecule has 0 radical (unpaired) electrons. The SMILES string of the molecule is C=C(c1ccc(CN2C(=O)CSC2=O)cc1)c1cc2c(cc1C)C(C)(C)CCC2(C)C. The van der Waals surface area contributed by atoms with Crippen LogP contribution >= 0.6 is 11.8 Å². The number of thioether (sulfide) groups is 1. The van der Waals surface area contributed by atoms with Crippen LogP contribution in [0.25, 0.3) is 5.57 Å². The molecule has 0 saturated carbocycles. The molecule has 4 heteroatoms. The van der Waals surface area contributed by atoms with Crippen LogP contribution in [0.3, 0.4) is 0 Å². The normalized spacial score (nSPS) is 19.5. The number of imide groups is 1. The van der Waals surface area contributed by atoms with Crippen molar-refractivity contribution in [3.63, 3.8) is 0 Å². The van der Waals surface area contributed by atoms with Crippen LogP contribution < -0.4 is 0 Å². The van der Waals surface area contributed by atoms with Gasteiger partial charge in [-0.3, -0.25) is 14.5 Å². The van der Waals surface area contributed by atoms with Crippen molar-refractivity contribution in [2.24, 2.45) is 0 Å². The molecule has 0 atom stereocenters. The van der Waals surface area contributed by atoms with Gasteiger partial charge in [-0.15, -0.1) is 0 Å². The van der Waals surface area contributed by atoms with E-state index < -0.39 is 0 Å². The lowest BCUT2D eigenvalue weighted by Gasteiger charge is -2.42. The number of fused-ring (bicyclic) bond motifs is 1. The van der Waals surface area contributed by atoms with Crippen molar-refractivity contribution in [3.8, 4) is 0 Å². The summed E-state index contributed by atoms with van der Waals surface area (Å²) in [6.45, 7) is 16.3. The fourth-order valence-corrected chi connectivity index (χ4v) is 5.46. The number of rotatable bonds is 4. The molecule has 31 heavy (non-hydrogen) atoms. The molecule has 0 bridgehead atoms. The van der Waals surface area contributed by atoms with Gasteiger partial charge in [-0.05, 0) is 69.5 Å². The summed E-state index contributed by atoms with van der Waals surface area (Å²) in [7, 11) is 0. The number of benzene rings is 2. The third-order valence-corrected chi connectivity index (χ3v) is 7.87. The van der Waals surface area contributed by atoms with E-state index in [4.69, 9.17) is 0 Å². The predicted octanol–water partition coefficient (Wildman–Crippen LogP) is 6.60. The summed E-state index contributed by atoms with van der Waals surface area (Å²) in [5.74, 6) is 0.136. The summed E-state index contributed by atoms with van der Waals surface area (Å²) in [5, 5.41) is -0.159. The van der Waals surface area contributed by atoms with Crippen molar-refractivity contribution >= 4 is 28.5 Å². The second-order valence-corrected chi connectivity index (χ2v) is 11.1. The highest BCUT2D eigenvalue weighted by atomic mass is 32.2. The number of aryl methyl sites for hydroxylation is 1. The number of hydrogen-bond acceptors (Lipinski definition) is 3. The molecule has 2 amide bonds. The smallest absolute Gasteiger partial charge is 0.273 e. The van der Waals surface area contributed by atoms with Gasteiger partial charge in [-0.2, -0.15) is 0 Å². The number of carbonyl (C=O) groups excluding carboxylic acids is 2. The van der Waals surface area contributed by atoms with Gasteiger partial charge in [0.1, 0.15) is 0 Å². The van der Waals surface area contributed by atoms with E-state index in [0.717, 1.165) is 28.5 Å². The summed E-state index contributed by atoms with van der Waals surface area (Å²) < 4.78 is 0. The Morgan fingerprint density at radius 2 is 1.58 bits per heavy atom. The topological polar surface area (TPSA) is 37.4 Å². The third kappa shape index (κ3) is 3.98. The summed E-state index contributed by atoms with van der Waals surface area (Å²) in [6.07, 6.45) is 2.39. The molecule has 1 aliphatic carbocycles. The van der Waals surface area contributed by atoms with Crippen molar-refractivity contribution in [3.05, 3.63) is 76.4 Å². The average Bonchev–Trinajstić information content (AvgIpc) is 3.03. The van der Waals surface area contributed by atoms with Gasteiger partial charge in [0.15, 0.2) is 0 Å². The van der Waals surface area contributed by atoms with Crippen molar-refractivity contribution in [2.75, 3.05) is 5.75 Å². The number of amides is 2. The molecule has 2 aromatic rings. The molecule has 1 aliphatic heterocycles. The second-order valence-electron chi connectivity index (χ2n) is 10.2. The largest absolute Gasteiger partial charge is 0.289 e. The molecule has 0 aromatic heterocycles. The zero-order valence-electron chi connectivity index (χ0n) is 19.2. The van der Waals surface area contributed by atoms with Crippen LogP contribution in [0, 0.1) is 6.92 Å². The lowest BCUT2D eigenvalue weighted by Crippen LogP contribution is -2.34. The van der Waals surface area contributed by atoms with E-state index in [-0.39, 0.29) is 27.7 Å². The third-order valence-electron chi connectivity index (χ3n) is 7.01. The van der Waals surface area contributed by atoms with Gasteiger partial charge in [0.25, 0.3) is 5.24 Å². The molecule has 3 nitrogen and oxygen atoms in total. The van der Waals surface area contributed by atoms with Crippen LogP contribution in [-0.2, 0) is 22.2 Å². The first-order valence-corrected chi connectivity index (χ1v) is 11.9. The standard InChI is InChI=1S/C27H31NO2S/c1-17-13-22-23(27(5,6)12-11-26(22,3)4)14-21(17)18(2)20-9-7-19(8-10-20)15-28-24(29)16-31-25(28)30/h7-10,13-14H,2,11-12,15-16H2,1,3-6H3. The van der Waals surface area contributed by atoms with Crippen LogP contribution in [0.15, 0.2) is 43.0 Å². The first-order valence-electron chi connectivity index (χ1n) is 10.9. The minimum atomic E-state index is -0.159. The molecule has 0 N–H and O–H groups in total. The lowest BCUT2D eigenvalue weighted by atomic mass is 9.62. The molecule has 4 rings (SSSR count). The quantitative estimate of drug-likeness (QED) is 0.545. The molecular formula is C27H31NO2S. The Labute approximate surface area is 189 Å². The van der Waals surface area contributed by atoms with Gasteiger partial charge in [-0.25, -0.2) is 0 Å². The molecule has 0 spiro atoms. The van der Waals surface area contributed by atoms with Crippen molar-refractivity contribution in [1.29, 1.82) is 0 Å². The van der Waals surface area contributed by atoms with Gasteiger partial charge in [0, 0.05) is 0 Å². The average molecular weight is 434 g/mol. The Hall–Kier alpha value is -2.33. The molecule has 1 saturated heterocycles. The van der Waals surface area contributed by atoms with Crippen LogP contribution in [0.2, 0.25) is 0 Å². The van der Waals surface area contributed by atoms with E-state index in [1.807, 2.05) is 24.3 Å². The van der Waals surface area contributed by atoms with E-state index in [0.29, 0.717) is 6.54 Å². The Balaban J connectivity index is 1.63. The zero-order chi connectivity index (χ0) is 22.6. The van der Waals surface area contributed by atoms with Crippen LogP contribution in [0.1, 0.15) is 73.9 Å². The number of carbonyl (C=O) groups is 2. The van der Waals surface area contributed by atoms with Crippen LogP contribution in [-0.4, -0.2) is 21.8 Å². The molecule has 2 aliphatic rings. The monoisotopic (exact) mass is 433 g/mol. The highest BCUT2D eigenvalue weighted by Gasteiger charge is 2.37. The van der Waals surface area contributed by atoms with E-state index in [9.17, 15) is 9.59 Å². The molecule has 1 heterocycles. The van der Waals surface area contributed by atoms with E-state index in [1.54, 1.807) is 0 Å². The minimum Gasteiger partial charge on any atom is -0.273 e. The minimum absolute atomic E-state index is 0.112. The Bertz CT molecular complexity index is 1060. The summed E-state index contributed by atoms with van der Waals surface area (Å²) in [5.41, 5.74) is 8.72. The van der Waals surface area contributed by atoms with Gasteiger partial charge in [0.05, 0.1) is 12.3 Å². The van der Waals surface area contributed by atoms with E-state index in [1.165, 1.54) is 40.0 Å². The molecule has 1 fully saturated rings. The van der Waals surface area contributed by atoms with E-state index >= 15 is 0 Å². The highest BCUT2D eigenvalue weighted by molar-refractivity contribution is 8.14. The second kappa shape index (κ2) is 7.67. The van der Waals surface area contributed by atoms with E-state index in [2.05, 4.69) is 53.3 Å². The van der Waals surface area contributed by atoms with Gasteiger partial charge >= 0.3 is 0 Å². The Kier molecular flexibility index (Phi) is 5.41. The first-order chi connectivity index (χ1) is 14.5. The van der Waals surface area contributed by atoms with Crippen LogP contribution in [0.5, 0.6) is 0 Å². The maximum Gasteiger partial charge on any atom is 0.289 e. The highest BCUT2D eigenvalue weighted by Crippen LogP contribution is 2.47. The lowest BCUT2D eigenvalue weighted by molar-refractivity contribution is -0.125. The number of nitrogens with zero attached hydrogens (tertiary/aromatic N) is 1.